The maximum atomic E-state index is 8.88. The molecule has 0 saturated heterocycles. The molecule has 0 radical (unpaired) electrons. The second kappa shape index (κ2) is 5.75. The van der Waals surface area contributed by atoms with Crippen molar-refractivity contribution in [1.29, 1.82) is 5.26 Å². The molecule has 0 aliphatic heterocycles. The summed E-state index contributed by atoms with van der Waals surface area (Å²) in [4.78, 5) is 4.11. The summed E-state index contributed by atoms with van der Waals surface area (Å²) < 4.78 is 0. The number of aromatic nitrogens is 1. The molecule has 0 spiro atoms. The average molecular weight is 352 g/mol. The summed E-state index contributed by atoms with van der Waals surface area (Å²) in [6.45, 7) is 0. The highest BCUT2D eigenvalue weighted by atomic mass is 35.5. The maximum absolute atomic E-state index is 8.88. The van der Waals surface area contributed by atoms with E-state index in [-0.39, 0.29) is 25.1 Å². The molecule has 0 aliphatic rings. The molecule has 19 heavy (non-hydrogen) atoms. The van der Waals surface area contributed by atoms with Crippen LogP contribution in [-0.4, -0.2) is 4.98 Å². The van der Waals surface area contributed by atoms with Crippen LogP contribution in [0.4, 0.5) is 0 Å². The van der Waals surface area contributed by atoms with E-state index in [2.05, 4.69) is 4.98 Å². The molecular formula is C12H3Cl5N2. The van der Waals surface area contributed by atoms with Gasteiger partial charge in [-0.25, -0.2) is 0 Å². The smallest absolute Gasteiger partial charge is 0.0992 e. The molecular weight excluding hydrogens is 349 g/mol. The molecule has 1 aromatic heterocycles. The van der Waals surface area contributed by atoms with Crippen LogP contribution in [0.1, 0.15) is 5.56 Å². The fourth-order valence-corrected chi connectivity index (χ4v) is 2.80. The van der Waals surface area contributed by atoms with Gasteiger partial charge in [-0.05, 0) is 12.1 Å². The summed E-state index contributed by atoms with van der Waals surface area (Å²) >= 11 is 30.1. The van der Waals surface area contributed by atoms with Crippen LogP contribution in [-0.2, 0) is 0 Å². The van der Waals surface area contributed by atoms with Gasteiger partial charge in [0.15, 0.2) is 0 Å². The van der Waals surface area contributed by atoms with Gasteiger partial charge in [0, 0.05) is 11.8 Å². The molecule has 7 heteroatoms. The van der Waals surface area contributed by atoms with Crippen LogP contribution in [0.3, 0.4) is 0 Å². The first-order valence-electron chi connectivity index (χ1n) is 4.85. The minimum Gasteiger partial charge on any atom is -0.256 e. The van der Waals surface area contributed by atoms with Crippen LogP contribution in [0, 0.1) is 11.3 Å². The predicted molar refractivity (Wildman–Crippen MR) is 79.4 cm³/mol. The molecule has 0 saturated carbocycles. The quantitative estimate of drug-likeness (QED) is 0.474. The van der Waals surface area contributed by atoms with Crippen LogP contribution in [0.25, 0.3) is 11.3 Å². The van der Waals surface area contributed by atoms with Crippen LogP contribution >= 0.6 is 58.0 Å². The zero-order valence-electron chi connectivity index (χ0n) is 9.02. The topological polar surface area (TPSA) is 36.7 Å². The Morgan fingerprint density at radius 3 is 1.95 bits per heavy atom. The molecule has 0 atom stereocenters. The van der Waals surface area contributed by atoms with E-state index in [1.54, 1.807) is 6.07 Å². The average Bonchev–Trinajstić information content (AvgIpc) is 2.43. The maximum Gasteiger partial charge on any atom is 0.0992 e. The van der Waals surface area contributed by atoms with Gasteiger partial charge in [0.2, 0.25) is 0 Å². The zero-order chi connectivity index (χ0) is 14.2. The fourth-order valence-electron chi connectivity index (χ4n) is 1.47. The summed E-state index contributed by atoms with van der Waals surface area (Å²) in [7, 11) is 0. The summed E-state index contributed by atoms with van der Waals surface area (Å²) in [6.07, 6.45) is 1.47. The van der Waals surface area contributed by atoms with E-state index in [9.17, 15) is 0 Å². The van der Waals surface area contributed by atoms with Crippen LogP contribution in [0.2, 0.25) is 25.1 Å². The Balaban J connectivity index is 2.79. The molecule has 0 bridgehead atoms. The number of pyridine rings is 1. The second-order valence-corrected chi connectivity index (χ2v) is 5.38. The van der Waals surface area contributed by atoms with Crippen LogP contribution in [0.15, 0.2) is 18.3 Å². The molecule has 96 valence electrons. The van der Waals surface area contributed by atoms with Crippen molar-refractivity contribution in [1.82, 2.24) is 4.98 Å². The zero-order valence-corrected chi connectivity index (χ0v) is 12.8. The fraction of sp³-hybridized carbons (Fsp3) is 0. The highest BCUT2D eigenvalue weighted by molar-refractivity contribution is 6.56. The third-order valence-corrected chi connectivity index (χ3v) is 4.63. The Labute approximate surface area is 134 Å². The number of nitrogens with zero attached hydrogens (tertiary/aromatic N) is 2. The molecule has 1 aromatic carbocycles. The van der Waals surface area contributed by atoms with Crippen molar-refractivity contribution in [3.63, 3.8) is 0 Å². The Kier molecular flexibility index (Phi) is 4.45. The molecule has 0 unspecified atom stereocenters. The van der Waals surface area contributed by atoms with Crippen molar-refractivity contribution in [3.8, 4) is 17.3 Å². The van der Waals surface area contributed by atoms with E-state index < -0.39 is 0 Å². The van der Waals surface area contributed by atoms with Crippen molar-refractivity contribution in [3.05, 3.63) is 49.0 Å². The van der Waals surface area contributed by atoms with Gasteiger partial charge in [0.05, 0.1) is 42.4 Å². The van der Waals surface area contributed by atoms with Crippen molar-refractivity contribution in [2.75, 3.05) is 0 Å². The van der Waals surface area contributed by atoms with E-state index >= 15 is 0 Å². The lowest BCUT2D eigenvalue weighted by Crippen LogP contribution is -1.90. The van der Waals surface area contributed by atoms with Gasteiger partial charge in [-0.3, -0.25) is 4.98 Å². The second-order valence-electron chi connectivity index (χ2n) is 3.49. The van der Waals surface area contributed by atoms with Crippen LogP contribution < -0.4 is 0 Å². The molecule has 0 amide bonds. The largest absolute Gasteiger partial charge is 0.256 e. The van der Waals surface area contributed by atoms with E-state index in [0.717, 1.165) is 0 Å². The highest BCUT2D eigenvalue weighted by Gasteiger charge is 2.21. The third kappa shape index (κ3) is 2.63. The highest BCUT2D eigenvalue weighted by Crippen LogP contribution is 2.47. The standard InChI is InChI=1S/C12H3Cl5N2/c13-8-7(6-3-5(4-18)1-2-19-6)9(14)11(16)12(17)10(8)15/h1-3H. The van der Waals surface area contributed by atoms with Crippen LogP contribution in [0.5, 0.6) is 0 Å². The number of rotatable bonds is 1. The molecule has 0 aliphatic carbocycles. The molecule has 2 aromatic rings. The SMILES string of the molecule is N#Cc1ccnc(-c2c(Cl)c(Cl)c(Cl)c(Cl)c2Cl)c1. The van der Waals surface area contributed by atoms with Gasteiger partial charge in [0.1, 0.15) is 0 Å². The molecule has 2 nitrogen and oxygen atoms in total. The van der Waals surface area contributed by atoms with Gasteiger partial charge in [-0.15, -0.1) is 0 Å². The molecule has 1 heterocycles. The van der Waals surface area contributed by atoms with Gasteiger partial charge in [-0.2, -0.15) is 5.26 Å². The summed E-state index contributed by atoms with van der Waals surface area (Å²) in [5, 5.41) is 9.44. The molecule has 0 N–H and O–H groups in total. The summed E-state index contributed by atoms with van der Waals surface area (Å²) in [6, 6.07) is 5.09. The predicted octanol–water partition coefficient (Wildman–Crippen LogP) is 5.89. The number of hydrogen-bond acceptors (Lipinski definition) is 2. The van der Waals surface area contributed by atoms with Crippen molar-refractivity contribution in [2.24, 2.45) is 0 Å². The molecule has 0 fully saturated rings. The summed E-state index contributed by atoms with van der Waals surface area (Å²) in [5.74, 6) is 0. The van der Waals surface area contributed by atoms with Gasteiger partial charge >= 0.3 is 0 Å². The number of benzene rings is 1. The Morgan fingerprint density at radius 1 is 0.895 bits per heavy atom. The third-order valence-electron chi connectivity index (χ3n) is 2.35. The Bertz CT molecular complexity index is 677. The lowest BCUT2D eigenvalue weighted by Gasteiger charge is -2.11. The van der Waals surface area contributed by atoms with Gasteiger partial charge in [-0.1, -0.05) is 58.0 Å². The van der Waals surface area contributed by atoms with Crippen molar-refractivity contribution < 1.29 is 0 Å². The first-order valence-corrected chi connectivity index (χ1v) is 6.74. The minimum absolute atomic E-state index is 0.0820. The Hall–Kier alpha value is -0.690. The first kappa shape index (κ1) is 14.7. The minimum atomic E-state index is 0.0820. The lowest BCUT2D eigenvalue weighted by atomic mass is 10.1. The molecule has 2 rings (SSSR count). The van der Waals surface area contributed by atoms with E-state index in [0.29, 0.717) is 16.8 Å². The van der Waals surface area contributed by atoms with E-state index in [1.165, 1.54) is 12.3 Å². The summed E-state index contributed by atoms with van der Waals surface area (Å²) in [5.41, 5.74) is 1.16. The van der Waals surface area contributed by atoms with E-state index in [4.69, 9.17) is 63.3 Å². The number of nitriles is 1. The normalized spacial score (nSPS) is 10.3. The van der Waals surface area contributed by atoms with E-state index in [1.807, 2.05) is 6.07 Å². The lowest BCUT2D eigenvalue weighted by molar-refractivity contribution is 1.31. The van der Waals surface area contributed by atoms with Crippen molar-refractivity contribution in [2.45, 2.75) is 0 Å². The van der Waals surface area contributed by atoms with Gasteiger partial charge < -0.3 is 0 Å². The van der Waals surface area contributed by atoms with Crippen molar-refractivity contribution >= 4 is 58.0 Å². The van der Waals surface area contributed by atoms with Gasteiger partial charge in [0.25, 0.3) is 0 Å². The number of hydrogen-bond donors (Lipinski definition) is 0. The number of halogens is 5. The first-order chi connectivity index (χ1) is 8.97. The monoisotopic (exact) mass is 350 g/mol. The Morgan fingerprint density at radius 2 is 1.42 bits per heavy atom.